The molecule has 0 atom stereocenters. The van der Waals surface area contributed by atoms with E-state index in [0.717, 1.165) is 57.5 Å². The number of nitrogens with zero attached hydrogens (tertiary/aromatic N) is 4. The predicted octanol–water partition coefficient (Wildman–Crippen LogP) is 10.0. The van der Waals surface area contributed by atoms with E-state index in [-0.39, 0.29) is 21.1 Å². The van der Waals surface area contributed by atoms with Gasteiger partial charge in [-0.25, -0.2) is 4.98 Å². The van der Waals surface area contributed by atoms with Crippen LogP contribution in [0.25, 0.3) is 44.4 Å². The van der Waals surface area contributed by atoms with Crippen LogP contribution in [0.2, 0.25) is 0 Å². The van der Waals surface area contributed by atoms with Crippen LogP contribution in [0, 0.1) is 31.4 Å². The average Bonchev–Trinajstić information content (AvgIpc) is 3.66. The van der Waals surface area contributed by atoms with Crippen molar-refractivity contribution in [2.24, 2.45) is 5.41 Å². The second-order valence-corrected chi connectivity index (χ2v) is 13.3. The Balaban J connectivity index is 0.00000401. The van der Waals surface area contributed by atoms with Crippen molar-refractivity contribution >= 4 is 21.8 Å². The monoisotopic (exact) mass is 813 g/mol. The van der Waals surface area contributed by atoms with Crippen molar-refractivity contribution in [3.05, 3.63) is 126 Å². The average molecular weight is 814 g/mol. The summed E-state index contributed by atoms with van der Waals surface area (Å²) in [5, 5.41) is 6.89. The molecule has 0 fully saturated rings. The number of aromatic nitrogens is 4. The van der Waals surface area contributed by atoms with E-state index in [9.17, 15) is 0 Å². The molecule has 0 spiro atoms. The van der Waals surface area contributed by atoms with E-state index in [1.807, 2.05) is 59.4 Å². The van der Waals surface area contributed by atoms with E-state index in [4.69, 9.17) is 14.6 Å². The SMILES string of the molecule is COc1ccnc(-n2c3[c-]c(Oc4[c-]c(-n5cc(-c6c(C)cc(CCC(C)(C)C)cc6C)cn5)ccc4)ccc3c3ccccc32)c1.[Pt+2]. The predicted molar refractivity (Wildman–Crippen MR) is 189 cm³/mol. The third-order valence-corrected chi connectivity index (χ3v) is 8.59. The number of pyridine rings is 1. The Morgan fingerprint density at radius 2 is 1.60 bits per heavy atom. The van der Waals surface area contributed by atoms with Gasteiger partial charge < -0.3 is 14.0 Å². The normalized spacial score (nSPS) is 11.5. The fourth-order valence-electron chi connectivity index (χ4n) is 6.32. The molecule has 0 N–H and O–H groups in total. The zero-order valence-corrected chi connectivity index (χ0v) is 30.3. The van der Waals surface area contributed by atoms with Gasteiger partial charge in [-0.15, -0.1) is 35.7 Å². The molecular formula is C41H38N4O2Pt. The molecule has 3 heterocycles. The van der Waals surface area contributed by atoms with Crippen LogP contribution in [-0.2, 0) is 27.5 Å². The first-order chi connectivity index (χ1) is 22.7. The van der Waals surface area contributed by atoms with Gasteiger partial charge in [-0.3, -0.25) is 4.68 Å². The Labute approximate surface area is 296 Å². The van der Waals surface area contributed by atoms with Gasteiger partial charge in [0.2, 0.25) is 0 Å². The third-order valence-electron chi connectivity index (χ3n) is 8.59. The molecule has 0 aliphatic rings. The van der Waals surface area contributed by atoms with Gasteiger partial charge in [0.15, 0.2) is 0 Å². The Morgan fingerprint density at radius 3 is 2.38 bits per heavy atom. The van der Waals surface area contributed by atoms with Crippen LogP contribution in [0.4, 0.5) is 0 Å². The molecule has 0 aliphatic carbocycles. The number of hydrogen-bond acceptors (Lipinski definition) is 4. The summed E-state index contributed by atoms with van der Waals surface area (Å²) < 4.78 is 15.8. The van der Waals surface area contributed by atoms with Crippen LogP contribution >= 0.6 is 0 Å². The number of benzene rings is 4. The second kappa shape index (κ2) is 13.4. The molecule has 0 bridgehead atoms. The standard InChI is InChI=1S/C41H38N4O2.Pt/c1-27-20-29(16-18-41(3,4)5)21-28(2)40(27)30-25-43-44(26-30)31-10-9-11-33(22-31)47-34-14-15-36-35-12-7-8-13-37(35)45(38(36)23-34)39-24-32(46-6)17-19-42-39;/h7-15,17,19-21,24-26H,16,18H2,1-6H3;/q-2;+2. The summed E-state index contributed by atoms with van der Waals surface area (Å²) in [4.78, 5) is 4.65. The molecule has 0 radical (unpaired) electrons. The summed E-state index contributed by atoms with van der Waals surface area (Å²) in [7, 11) is 1.66. The molecule has 3 aromatic heterocycles. The van der Waals surface area contributed by atoms with E-state index in [0.29, 0.717) is 16.9 Å². The zero-order chi connectivity index (χ0) is 32.7. The van der Waals surface area contributed by atoms with Crippen LogP contribution in [0.15, 0.2) is 97.5 Å². The number of hydrogen-bond donors (Lipinski definition) is 0. The van der Waals surface area contributed by atoms with Crippen LogP contribution in [0.5, 0.6) is 17.2 Å². The summed E-state index contributed by atoms with van der Waals surface area (Å²) in [6.07, 6.45) is 7.99. The van der Waals surface area contributed by atoms with Gasteiger partial charge in [0.25, 0.3) is 0 Å². The Morgan fingerprint density at radius 1 is 0.833 bits per heavy atom. The smallest absolute Gasteiger partial charge is 0.509 e. The topological polar surface area (TPSA) is 54.1 Å². The first kappa shape index (κ1) is 33.2. The molecule has 7 heteroatoms. The Kier molecular flexibility index (Phi) is 9.31. The quantitative estimate of drug-likeness (QED) is 0.144. The summed E-state index contributed by atoms with van der Waals surface area (Å²) in [6, 6.07) is 33.5. The van der Waals surface area contributed by atoms with Gasteiger partial charge in [-0.1, -0.05) is 56.6 Å². The third kappa shape index (κ3) is 6.68. The van der Waals surface area contributed by atoms with Crippen molar-refractivity contribution in [1.29, 1.82) is 0 Å². The van der Waals surface area contributed by atoms with Gasteiger partial charge in [-0.05, 0) is 77.6 Å². The number of methoxy groups -OCH3 is 1. The van der Waals surface area contributed by atoms with Crippen molar-refractivity contribution in [1.82, 2.24) is 19.3 Å². The minimum atomic E-state index is 0. The first-order valence-electron chi connectivity index (χ1n) is 16.0. The van der Waals surface area contributed by atoms with E-state index in [2.05, 4.69) is 92.8 Å². The van der Waals surface area contributed by atoms with Gasteiger partial charge in [-0.2, -0.15) is 17.2 Å². The van der Waals surface area contributed by atoms with Crippen LogP contribution < -0.4 is 9.47 Å². The number of para-hydroxylation sites is 1. The van der Waals surface area contributed by atoms with E-state index >= 15 is 0 Å². The summed E-state index contributed by atoms with van der Waals surface area (Å²) >= 11 is 0. The fourth-order valence-corrected chi connectivity index (χ4v) is 6.32. The van der Waals surface area contributed by atoms with E-state index < -0.39 is 0 Å². The Hall–Kier alpha value is -4.67. The zero-order valence-electron chi connectivity index (χ0n) is 28.1. The molecule has 48 heavy (non-hydrogen) atoms. The van der Waals surface area contributed by atoms with Gasteiger partial charge in [0, 0.05) is 41.0 Å². The van der Waals surface area contributed by atoms with Crippen LogP contribution in [0.3, 0.4) is 0 Å². The maximum Gasteiger partial charge on any atom is 2.00 e. The van der Waals surface area contributed by atoms with E-state index in [1.165, 1.54) is 22.3 Å². The fraction of sp³-hybridized carbons (Fsp3) is 0.220. The molecule has 6 nitrogen and oxygen atoms in total. The van der Waals surface area contributed by atoms with Crippen molar-refractivity contribution < 1.29 is 30.5 Å². The minimum Gasteiger partial charge on any atom is -0.509 e. The number of ether oxygens (including phenoxy) is 2. The van der Waals surface area contributed by atoms with Gasteiger partial charge in [0.1, 0.15) is 11.6 Å². The van der Waals surface area contributed by atoms with Crippen molar-refractivity contribution in [3.63, 3.8) is 0 Å². The maximum atomic E-state index is 6.36. The molecule has 7 rings (SSSR count). The molecule has 4 aromatic carbocycles. The maximum absolute atomic E-state index is 6.36. The number of aryl methyl sites for hydroxylation is 3. The van der Waals surface area contributed by atoms with Crippen molar-refractivity contribution in [2.45, 2.75) is 47.5 Å². The first-order valence-corrected chi connectivity index (χ1v) is 16.0. The Bertz CT molecular complexity index is 2220. The van der Waals surface area contributed by atoms with E-state index in [1.54, 1.807) is 13.3 Å². The van der Waals surface area contributed by atoms with Gasteiger partial charge >= 0.3 is 21.1 Å². The molecule has 0 amide bonds. The van der Waals surface area contributed by atoms with Crippen LogP contribution in [0.1, 0.15) is 43.9 Å². The summed E-state index contributed by atoms with van der Waals surface area (Å²) in [5.74, 6) is 2.64. The minimum absolute atomic E-state index is 0. The molecule has 0 unspecified atom stereocenters. The molecular weight excluding hydrogens is 776 g/mol. The molecule has 7 aromatic rings. The molecule has 244 valence electrons. The van der Waals surface area contributed by atoms with Crippen molar-refractivity contribution in [2.75, 3.05) is 7.11 Å². The largest absolute Gasteiger partial charge is 2.00 e. The van der Waals surface area contributed by atoms with Crippen LogP contribution in [-0.4, -0.2) is 26.4 Å². The summed E-state index contributed by atoms with van der Waals surface area (Å²) in [5.41, 5.74) is 9.24. The number of fused-ring (bicyclic) bond motifs is 3. The summed E-state index contributed by atoms with van der Waals surface area (Å²) in [6.45, 7) is 11.3. The van der Waals surface area contributed by atoms with Crippen molar-refractivity contribution in [3.8, 4) is 39.9 Å². The molecule has 0 saturated carbocycles. The molecule has 0 aliphatic heterocycles. The second-order valence-electron chi connectivity index (χ2n) is 13.3. The number of rotatable bonds is 8. The molecule has 0 saturated heterocycles. The van der Waals surface area contributed by atoms with Gasteiger partial charge in [0.05, 0.1) is 13.3 Å².